The van der Waals surface area contributed by atoms with E-state index < -0.39 is 10.1 Å². The van der Waals surface area contributed by atoms with Crippen LogP contribution in [0.5, 0.6) is 0 Å². The highest BCUT2D eigenvalue weighted by molar-refractivity contribution is 9.10. The van der Waals surface area contributed by atoms with E-state index >= 15 is 0 Å². The summed E-state index contributed by atoms with van der Waals surface area (Å²) in [6.45, 7) is 0. The molecule has 0 amide bonds. The monoisotopic (exact) mass is 289 g/mol. The van der Waals surface area contributed by atoms with Crippen LogP contribution >= 0.6 is 15.9 Å². The molecule has 0 aliphatic carbocycles. The van der Waals surface area contributed by atoms with Gasteiger partial charge in [-0.1, -0.05) is 0 Å². The van der Waals surface area contributed by atoms with Crippen molar-refractivity contribution in [2.45, 2.75) is 4.90 Å². The molecule has 0 unspecified atom stereocenters. The molecule has 4 nitrogen and oxygen atoms in total. The SMILES string of the molecule is COS(=O)(=O)c1cc(Br)c2[nH]ccc2c1. The number of hydrogen-bond donors (Lipinski definition) is 1. The summed E-state index contributed by atoms with van der Waals surface area (Å²) in [5, 5.41) is 0.819. The molecule has 0 spiro atoms. The molecular weight excluding hydrogens is 282 g/mol. The molecule has 15 heavy (non-hydrogen) atoms. The Kier molecular flexibility index (Phi) is 2.57. The van der Waals surface area contributed by atoms with E-state index in [9.17, 15) is 8.42 Å². The predicted octanol–water partition coefficient (Wildman–Crippen LogP) is 2.27. The second kappa shape index (κ2) is 3.62. The smallest absolute Gasteiger partial charge is 0.296 e. The Morgan fingerprint density at radius 1 is 1.40 bits per heavy atom. The largest absolute Gasteiger partial charge is 0.360 e. The van der Waals surface area contributed by atoms with Gasteiger partial charge in [-0.15, -0.1) is 0 Å². The molecule has 6 heteroatoms. The minimum Gasteiger partial charge on any atom is -0.360 e. The van der Waals surface area contributed by atoms with E-state index in [0.29, 0.717) is 4.47 Å². The molecule has 2 rings (SSSR count). The average molecular weight is 290 g/mol. The first-order valence-corrected chi connectivity index (χ1v) is 6.32. The van der Waals surface area contributed by atoms with Gasteiger partial charge in [0.2, 0.25) is 0 Å². The van der Waals surface area contributed by atoms with Gasteiger partial charge < -0.3 is 4.98 Å². The van der Waals surface area contributed by atoms with Crippen LogP contribution in [-0.4, -0.2) is 20.5 Å². The minimum absolute atomic E-state index is 0.143. The molecule has 0 saturated heterocycles. The van der Waals surface area contributed by atoms with Crippen molar-refractivity contribution in [2.75, 3.05) is 7.11 Å². The van der Waals surface area contributed by atoms with Crippen LogP contribution in [0.25, 0.3) is 10.9 Å². The van der Waals surface area contributed by atoms with Crippen LogP contribution in [0.3, 0.4) is 0 Å². The number of aromatic nitrogens is 1. The van der Waals surface area contributed by atoms with Gasteiger partial charge in [0.15, 0.2) is 0 Å². The number of aromatic amines is 1. The van der Waals surface area contributed by atoms with E-state index in [-0.39, 0.29) is 4.90 Å². The van der Waals surface area contributed by atoms with E-state index in [1.165, 1.54) is 6.07 Å². The number of H-pyrrole nitrogens is 1. The van der Waals surface area contributed by atoms with Crippen LogP contribution in [0.15, 0.2) is 33.8 Å². The number of nitrogens with one attached hydrogen (secondary N) is 1. The highest BCUT2D eigenvalue weighted by Crippen LogP contribution is 2.27. The zero-order valence-electron chi connectivity index (χ0n) is 7.82. The first-order valence-electron chi connectivity index (χ1n) is 4.12. The quantitative estimate of drug-likeness (QED) is 0.863. The Morgan fingerprint density at radius 2 is 2.13 bits per heavy atom. The normalized spacial score (nSPS) is 12.1. The lowest BCUT2D eigenvalue weighted by Gasteiger charge is -2.02. The average Bonchev–Trinajstić information content (AvgIpc) is 2.66. The Morgan fingerprint density at radius 3 is 2.80 bits per heavy atom. The molecule has 0 fully saturated rings. The van der Waals surface area contributed by atoms with Gasteiger partial charge in [0.05, 0.1) is 17.5 Å². The molecule has 1 heterocycles. The molecule has 1 aromatic heterocycles. The summed E-state index contributed by atoms with van der Waals surface area (Å²) < 4.78 is 28.1. The van der Waals surface area contributed by atoms with Crippen molar-refractivity contribution >= 4 is 37.0 Å². The molecule has 80 valence electrons. The molecule has 1 aromatic carbocycles. The summed E-state index contributed by atoms with van der Waals surface area (Å²) in [5.74, 6) is 0. The summed E-state index contributed by atoms with van der Waals surface area (Å²) >= 11 is 3.30. The number of rotatable bonds is 2. The summed E-state index contributed by atoms with van der Waals surface area (Å²) in [5.41, 5.74) is 0.866. The third kappa shape index (κ3) is 1.80. The molecule has 1 N–H and O–H groups in total. The fourth-order valence-corrected chi connectivity index (χ4v) is 2.81. The van der Waals surface area contributed by atoms with Crippen LogP contribution < -0.4 is 0 Å². The molecule has 2 aromatic rings. The second-order valence-corrected chi connectivity index (χ2v) is 5.54. The lowest BCUT2D eigenvalue weighted by Crippen LogP contribution is -2.02. The van der Waals surface area contributed by atoms with Crippen LogP contribution in [-0.2, 0) is 14.3 Å². The van der Waals surface area contributed by atoms with Crippen LogP contribution in [0.4, 0.5) is 0 Å². The van der Waals surface area contributed by atoms with Gasteiger partial charge in [-0.3, -0.25) is 4.18 Å². The standard InChI is InChI=1S/C9H8BrNO3S/c1-14-15(12,13)7-4-6-2-3-11-9(6)8(10)5-7/h2-5,11H,1H3. The molecule has 0 saturated carbocycles. The highest BCUT2D eigenvalue weighted by Gasteiger charge is 2.15. The van der Waals surface area contributed by atoms with Crippen molar-refractivity contribution in [1.29, 1.82) is 0 Å². The topological polar surface area (TPSA) is 59.2 Å². The maximum Gasteiger partial charge on any atom is 0.296 e. The van der Waals surface area contributed by atoms with E-state index in [2.05, 4.69) is 25.1 Å². The van der Waals surface area contributed by atoms with Gasteiger partial charge in [-0.05, 0) is 34.1 Å². The Bertz CT molecular complexity index is 603. The van der Waals surface area contributed by atoms with Crippen molar-refractivity contribution in [3.63, 3.8) is 0 Å². The van der Waals surface area contributed by atoms with Crippen LogP contribution in [0.2, 0.25) is 0 Å². The van der Waals surface area contributed by atoms with Crippen LogP contribution in [0, 0.1) is 0 Å². The van der Waals surface area contributed by atoms with E-state index in [1.54, 1.807) is 18.3 Å². The molecule has 0 aliphatic rings. The van der Waals surface area contributed by atoms with Crippen molar-refractivity contribution in [3.8, 4) is 0 Å². The van der Waals surface area contributed by atoms with Crippen molar-refractivity contribution < 1.29 is 12.6 Å². The van der Waals surface area contributed by atoms with Crippen LogP contribution in [0.1, 0.15) is 0 Å². The first kappa shape index (κ1) is 10.7. The second-order valence-electron chi connectivity index (χ2n) is 2.97. The zero-order valence-corrected chi connectivity index (χ0v) is 10.2. The third-order valence-electron chi connectivity index (χ3n) is 2.09. The number of hydrogen-bond acceptors (Lipinski definition) is 3. The summed E-state index contributed by atoms with van der Waals surface area (Å²) in [6, 6.07) is 4.88. The van der Waals surface area contributed by atoms with Gasteiger partial charge >= 0.3 is 0 Å². The van der Waals surface area contributed by atoms with Gasteiger partial charge in [0.1, 0.15) is 0 Å². The lowest BCUT2D eigenvalue weighted by atomic mass is 10.2. The molecule has 0 radical (unpaired) electrons. The van der Waals surface area contributed by atoms with Gasteiger partial charge in [0.25, 0.3) is 10.1 Å². The highest BCUT2D eigenvalue weighted by atomic mass is 79.9. The van der Waals surface area contributed by atoms with Crippen molar-refractivity contribution in [3.05, 3.63) is 28.9 Å². The molecule has 0 atom stereocenters. The molecule has 0 aliphatic heterocycles. The predicted molar refractivity (Wildman–Crippen MR) is 60.2 cm³/mol. The summed E-state index contributed by atoms with van der Waals surface area (Å²) in [4.78, 5) is 3.14. The maximum atomic E-state index is 11.5. The maximum absolute atomic E-state index is 11.5. The summed E-state index contributed by atoms with van der Waals surface area (Å²) in [7, 11) is -2.49. The van der Waals surface area contributed by atoms with Gasteiger partial charge in [-0.25, -0.2) is 0 Å². The summed E-state index contributed by atoms with van der Waals surface area (Å²) in [6.07, 6.45) is 1.75. The van der Waals surface area contributed by atoms with E-state index in [1.807, 2.05) is 0 Å². The number of fused-ring (bicyclic) bond motifs is 1. The number of benzene rings is 1. The van der Waals surface area contributed by atoms with Crippen molar-refractivity contribution in [1.82, 2.24) is 4.98 Å². The number of halogens is 1. The first-order chi connectivity index (χ1) is 7.04. The van der Waals surface area contributed by atoms with Gasteiger partial charge in [-0.2, -0.15) is 8.42 Å². The Labute approximate surface area is 95.5 Å². The van der Waals surface area contributed by atoms with E-state index in [0.717, 1.165) is 18.0 Å². The molecule has 0 bridgehead atoms. The fraction of sp³-hybridized carbons (Fsp3) is 0.111. The minimum atomic E-state index is -3.63. The fourth-order valence-electron chi connectivity index (χ4n) is 1.34. The lowest BCUT2D eigenvalue weighted by molar-refractivity contribution is 0.398. The third-order valence-corrected chi connectivity index (χ3v) is 3.97. The Hall–Kier alpha value is -0.850. The van der Waals surface area contributed by atoms with Gasteiger partial charge in [0, 0.05) is 16.1 Å². The Balaban J connectivity index is 2.75. The van der Waals surface area contributed by atoms with Crippen molar-refractivity contribution in [2.24, 2.45) is 0 Å². The zero-order chi connectivity index (χ0) is 11.1. The van der Waals surface area contributed by atoms with E-state index in [4.69, 9.17) is 0 Å². The molecular formula is C9H8BrNO3S.